The SMILES string of the molecule is Cc1ccnc(Cl)c1NCc1cc2ccccc2[nH]c1=O. The number of fused-ring (bicyclic) bond motifs is 1. The van der Waals surface area contributed by atoms with Gasteiger partial charge in [0.25, 0.3) is 5.56 Å². The van der Waals surface area contributed by atoms with Crippen LogP contribution in [0.15, 0.2) is 47.4 Å². The number of aromatic nitrogens is 2. The van der Waals surface area contributed by atoms with Crippen molar-refractivity contribution in [2.24, 2.45) is 0 Å². The lowest BCUT2D eigenvalue weighted by Crippen LogP contribution is -2.16. The molecule has 3 aromatic rings. The summed E-state index contributed by atoms with van der Waals surface area (Å²) >= 11 is 6.07. The van der Waals surface area contributed by atoms with E-state index in [1.807, 2.05) is 43.3 Å². The van der Waals surface area contributed by atoms with Crippen LogP contribution in [0.25, 0.3) is 10.9 Å². The Morgan fingerprint density at radius 1 is 1.29 bits per heavy atom. The Morgan fingerprint density at radius 3 is 2.90 bits per heavy atom. The van der Waals surface area contributed by atoms with E-state index in [1.165, 1.54) is 0 Å². The van der Waals surface area contributed by atoms with Gasteiger partial charge in [-0.05, 0) is 36.1 Å². The first-order chi connectivity index (χ1) is 10.1. The number of halogens is 1. The molecule has 0 fully saturated rings. The van der Waals surface area contributed by atoms with Gasteiger partial charge in [-0.3, -0.25) is 4.79 Å². The van der Waals surface area contributed by atoms with Crippen molar-refractivity contribution in [3.8, 4) is 0 Å². The average molecular weight is 300 g/mol. The van der Waals surface area contributed by atoms with E-state index in [1.54, 1.807) is 6.20 Å². The first-order valence-corrected chi connectivity index (χ1v) is 6.99. The van der Waals surface area contributed by atoms with E-state index in [0.717, 1.165) is 22.2 Å². The molecule has 0 spiro atoms. The van der Waals surface area contributed by atoms with Crippen LogP contribution in [-0.2, 0) is 6.54 Å². The van der Waals surface area contributed by atoms with Gasteiger partial charge < -0.3 is 10.3 Å². The molecule has 4 nitrogen and oxygen atoms in total. The molecule has 0 bridgehead atoms. The van der Waals surface area contributed by atoms with Crippen molar-refractivity contribution in [2.45, 2.75) is 13.5 Å². The Kier molecular flexibility index (Phi) is 3.62. The standard InChI is InChI=1S/C16H14ClN3O/c1-10-6-7-18-15(17)14(10)19-9-12-8-11-4-2-3-5-13(11)20-16(12)21/h2-8,19H,9H2,1H3,(H,20,21). The Morgan fingerprint density at radius 2 is 2.10 bits per heavy atom. The minimum Gasteiger partial charge on any atom is -0.378 e. The molecule has 2 aromatic heterocycles. The molecule has 3 rings (SSSR count). The van der Waals surface area contributed by atoms with Gasteiger partial charge in [-0.15, -0.1) is 0 Å². The Labute approximate surface area is 126 Å². The minimum absolute atomic E-state index is 0.0983. The summed E-state index contributed by atoms with van der Waals surface area (Å²) < 4.78 is 0. The monoisotopic (exact) mass is 299 g/mol. The van der Waals surface area contributed by atoms with Crippen molar-refractivity contribution in [3.63, 3.8) is 0 Å². The zero-order chi connectivity index (χ0) is 14.8. The summed E-state index contributed by atoms with van der Waals surface area (Å²) in [4.78, 5) is 19.0. The second-order valence-electron chi connectivity index (χ2n) is 4.86. The maximum atomic E-state index is 12.1. The van der Waals surface area contributed by atoms with Crippen LogP contribution in [0, 0.1) is 6.92 Å². The van der Waals surface area contributed by atoms with Gasteiger partial charge in [0.1, 0.15) is 0 Å². The van der Waals surface area contributed by atoms with Gasteiger partial charge in [0.05, 0.1) is 5.69 Å². The largest absolute Gasteiger partial charge is 0.378 e. The summed E-state index contributed by atoms with van der Waals surface area (Å²) in [5, 5.41) is 4.60. The first kappa shape index (κ1) is 13.6. The number of H-pyrrole nitrogens is 1. The Balaban J connectivity index is 1.92. The molecular weight excluding hydrogens is 286 g/mol. The zero-order valence-corrected chi connectivity index (χ0v) is 12.2. The predicted molar refractivity (Wildman–Crippen MR) is 85.9 cm³/mol. The highest BCUT2D eigenvalue weighted by molar-refractivity contribution is 6.32. The quantitative estimate of drug-likeness (QED) is 0.728. The third kappa shape index (κ3) is 2.76. The maximum Gasteiger partial charge on any atom is 0.253 e. The third-order valence-corrected chi connectivity index (χ3v) is 3.69. The van der Waals surface area contributed by atoms with Crippen LogP contribution in [0.2, 0.25) is 5.15 Å². The zero-order valence-electron chi connectivity index (χ0n) is 11.5. The number of nitrogens with one attached hydrogen (secondary N) is 2. The average Bonchev–Trinajstić information content (AvgIpc) is 2.47. The Hall–Kier alpha value is -2.33. The van der Waals surface area contributed by atoms with E-state index in [2.05, 4.69) is 15.3 Å². The van der Waals surface area contributed by atoms with Gasteiger partial charge in [0.15, 0.2) is 5.15 Å². The maximum absolute atomic E-state index is 12.1. The lowest BCUT2D eigenvalue weighted by atomic mass is 10.1. The number of rotatable bonds is 3. The molecule has 0 aliphatic heterocycles. The molecule has 0 radical (unpaired) electrons. The van der Waals surface area contributed by atoms with Crippen LogP contribution in [0.4, 0.5) is 5.69 Å². The number of aryl methyl sites for hydroxylation is 1. The molecule has 0 unspecified atom stereocenters. The van der Waals surface area contributed by atoms with Gasteiger partial charge in [0.2, 0.25) is 0 Å². The summed E-state index contributed by atoms with van der Waals surface area (Å²) in [5.41, 5.74) is 3.15. The summed E-state index contributed by atoms with van der Waals surface area (Å²) in [6.07, 6.45) is 1.66. The van der Waals surface area contributed by atoms with Crippen molar-refractivity contribution in [1.29, 1.82) is 0 Å². The van der Waals surface area contributed by atoms with Crippen LogP contribution in [0.3, 0.4) is 0 Å². The van der Waals surface area contributed by atoms with E-state index >= 15 is 0 Å². The van der Waals surface area contributed by atoms with Crippen LogP contribution in [-0.4, -0.2) is 9.97 Å². The normalized spacial score (nSPS) is 10.8. The highest BCUT2D eigenvalue weighted by atomic mass is 35.5. The summed E-state index contributed by atoms with van der Waals surface area (Å²) in [7, 11) is 0. The van der Waals surface area contributed by atoms with Crippen molar-refractivity contribution in [3.05, 3.63) is 69.2 Å². The molecule has 1 aromatic carbocycles. The van der Waals surface area contributed by atoms with Gasteiger partial charge in [-0.1, -0.05) is 29.8 Å². The number of pyridine rings is 2. The lowest BCUT2D eigenvalue weighted by molar-refractivity contribution is 1.08. The summed E-state index contributed by atoms with van der Waals surface area (Å²) in [5.74, 6) is 0. The molecule has 2 heterocycles. The fraction of sp³-hybridized carbons (Fsp3) is 0.125. The predicted octanol–water partition coefficient (Wildman–Crippen LogP) is 3.50. The fourth-order valence-corrected chi connectivity index (χ4v) is 2.52. The first-order valence-electron chi connectivity index (χ1n) is 6.61. The molecule has 5 heteroatoms. The number of hydrogen-bond donors (Lipinski definition) is 2. The van der Waals surface area contributed by atoms with E-state index in [0.29, 0.717) is 17.3 Å². The highest BCUT2D eigenvalue weighted by Crippen LogP contribution is 2.23. The van der Waals surface area contributed by atoms with Crippen LogP contribution >= 0.6 is 11.6 Å². The minimum atomic E-state index is -0.0983. The molecule has 0 aliphatic rings. The van der Waals surface area contributed by atoms with Gasteiger partial charge in [0, 0.05) is 23.8 Å². The van der Waals surface area contributed by atoms with Crippen molar-refractivity contribution in [2.75, 3.05) is 5.32 Å². The number of hydrogen-bond acceptors (Lipinski definition) is 3. The smallest absolute Gasteiger partial charge is 0.253 e. The van der Waals surface area contributed by atoms with Gasteiger partial charge in [-0.2, -0.15) is 0 Å². The molecule has 0 saturated carbocycles. The third-order valence-electron chi connectivity index (χ3n) is 3.40. The summed E-state index contributed by atoms with van der Waals surface area (Å²) in [6, 6.07) is 11.5. The van der Waals surface area contributed by atoms with Gasteiger partial charge >= 0.3 is 0 Å². The number of nitrogens with zero attached hydrogens (tertiary/aromatic N) is 1. The molecular formula is C16H14ClN3O. The molecule has 0 saturated heterocycles. The highest BCUT2D eigenvalue weighted by Gasteiger charge is 2.07. The molecule has 106 valence electrons. The van der Waals surface area contributed by atoms with Crippen molar-refractivity contribution in [1.82, 2.24) is 9.97 Å². The fourth-order valence-electron chi connectivity index (χ4n) is 2.24. The Bertz CT molecular complexity index is 837. The van der Waals surface area contributed by atoms with E-state index in [-0.39, 0.29) is 5.56 Å². The van der Waals surface area contributed by atoms with Crippen LogP contribution < -0.4 is 10.9 Å². The molecule has 0 aliphatic carbocycles. The van der Waals surface area contributed by atoms with E-state index in [4.69, 9.17) is 11.6 Å². The number of benzene rings is 1. The molecule has 0 atom stereocenters. The summed E-state index contributed by atoms with van der Waals surface area (Å²) in [6.45, 7) is 2.34. The van der Waals surface area contributed by atoms with Gasteiger partial charge in [-0.25, -0.2) is 4.98 Å². The van der Waals surface area contributed by atoms with Crippen molar-refractivity contribution < 1.29 is 0 Å². The number of anilines is 1. The second-order valence-corrected chi connectivity index (χ2v) is 5.22. The lowest BCUT2D eigenvalue weighted by Gasteiger charge is -2.10. The number of aromatic amines is 1. The second kappa shape index (κ2) is 5.58. The van der Waals surface area contributed by atoms with Crippen LogP contribution in [0.5, 0.6) is 0 Å². The topological polar surface area (TPSA) is 57.8 Å². The van der Waals surface area contributed by atoms with Crippen molar-refractivity contribution >= 4 is 28.2 Å². The van der Waals surface area contributed by atoms with E-state index in [9.17, 15) is 4.79 Å². The van der Waals surface area contributed by atoms with Crippen LogP contribution in [0.1, 0.15) is 11.1 Å². The number of para-hydroxylation sites is 1. The molecule has 0 amide bonds. The van der Waals surface area contributed by atoms with E-state index < -0.39 is 0 Å². The molecule has 21 heavy (non-hydrogen) atoms. The molecule has 2 N–H and O–H groups in total.